The summed E-state index contributed by atoms with van der Waals surface area (Å²) in [6.07, 6.45) is 2.40. The van der Waals surface area contributed by atoms with Gasteiger partial charge in [0.25, 0.3) is 0 Å². The van der Waals surface area contributed by atoms with Crippen LogP contribution >= 0.6 is 22.9 Å². The molecule has 136 valence electrons. The fraction of sp³-hybridized carbons (Fsp3) is 0.278. The number of esters is 1. The molecule has 0 saturated carbocycles. The Hall–Kier alpha value is -2.38. The third-order valence-electron chi connectivity index (χ3n) is 4.05. The molecular formula is C18H18ClN3O3S. The standard InChI is InChI=1S/C18H18ClN3O3S/c1-21(18-20-14(11-26-18)10-17(24)25-2)16(23)6-8-22-7-5-12-9-13(19)3-4-15(12)22/h3-5,7,9,11H,6,8,10H2,1-2H3. The van der Waals surface area contributed by atoms with E-state index in [0.717, 1.165) is 10.9 Å². The topological polar surface area (TPSA) is 64.4 Å². The summed E-state index contributed by atoms with van der Waals surface area (Å²) in [5.74, 6) is -0.393. The molecule has 0 saturated heterocycles. The molecule has 0 aliphatic heterocycles. The van der Waals surface area contributed by atoms with Gasteiger partial charge in [0, 0.05) is 47.5 Å². The van der Waals surface area contributed by atoms with Crippen molar-refractivity contribution in [2.45, 2.75) is 19.4 Å². The van der Waals surface area contributed by atoms with Gasteiger partial charge >= 0.3 is 5.97 Å². The fourth-order valence-electron chi connectivity index (χ4n) is 2.61. The molecule has 2 heterocycles. The van der Waals surface area contributed by atoms with Crippen molar-refractivity contribution in [1.82, 2.24) is 9.55 Å². The highest BCUT2D eigenvalue weighted by molar-refractivity contribution is 7.14. The van der Waals surface area contributed by atoms with E-state index >= 15 is 0 Å². The van der Waals surface area contributed by atoms with Gasteiger partial charge in [-0.15, -0.1) is 11.3 Å². The van der Waals surface area contributed by atoms with Crippen molar-refractivity contribution >= 4 is 50.8 Å². The van der Waals surface area contributed by atoms with Crippen LogP contribution in [-0.4, -0.2) is 35.6 Å². The Morgan fingerprint density at radius 2 is 2.15 bits per heavy atom. The van der Waals surface area contributed by atoms with E-state index in [9.17, 15) is 9.59 Å². The highest BCUT2D eigenvalue weighted by Gasteiger charge is 2.16. The smallest absolute Gasteiger partial charge is 0.311 e. The van der Waals surface area contributed by atoms with Gasteiger partial charge in [-0.3, -0.25) is 14.5 Å². The zero-order chi connectivity index (χ0) is 18.7. The van der Waals surface area contributed by atoms with Crippen LogP contribution in [-0.2, 0) is 27.3 Å². The van der Waals surface area contributed by atoms with E-state index in [4.69, 9.17) is 11.6 Å². The lowest BCUT2D eigenvalue weighted by Crippen LogP contribution is -2.27. The second kappa shape index (κ2) is 7.88. The molecule has 6 nitrogen and oxygen atoms in total. The second-order valence-electron chi connectivity index (χ2n) is 5.79. The number of anilines is 1. The average molecular weight is 392 g/mol. The van der Waals surface area contributed by atoms with Crippen LogP contribution in [0.3, 0.4) is 0 Å². The van der Waals surface area contributed by atoms with Crippen molar-refractivity contribution in [2.75, 3.05) is 19.1 Å². The summed E-state index contributed by atoms with van der Waals surface area (Å²) in [5.41, 5.74) is 1.64. The van der Waals surface area contributed by atoms with E-state index in [1.807, 2.05) is 35.0 Å². The summed E-state index contributed by atoms with van der Waals surface area (Å²) in [7, 11) is 3.03. The zero-order valence-electron chi connectivity index (χ0n) is 14.4. The van der Waals surface area contributed by atoms with Crippen LogP contribution in [0.15, 0.2) is 35.8 Å². The number of carbonyl (C=O) groups excluding carboxylic acids is 2. The van der Waals surface area contributed by atoms with Gasteiger partial charge in [-0.05, 0) is 24.3 Å². The first-order chi connectivity index (χ1) is 12.5. The lowest BCUT2D eigenvalue weighted by atomic mass is 10.2. The molecule has 0 bridgehead atoms. The molecule has 2 aromatic heterocycles. The number of ether oxygens (including phenoxy) is 1. The monoisotopic (exact) mass is 391 g/mol. The van der Waals surface area contributed by atoms with Crippen LogP contribution < -0.4 is 4.90 Å². The van der Waals surface area contributed by atoms with Crippen LogP contribution in [0.4, 0.5) is 5.13 Å². The number of fused-ring (bicyclic) bond motifs is 1. The molecule has 0 aliphatic rings. The minimum absolute atomic E-state index is 0.0419. The highest BCUT2D eigenvalue weighted by Crippen LogP contribution is 2.22. The largest absolute Gasteiger partial charge is 0.469 e. The number of halogens is 1. The number of carbonyl (C=O) groups is 2. The summed E-state index contributed by atoms with van der Waals surface area (Å²) in [6, 6.07) is 7.67. The number of aryl methyl sites for hydroxylation is 1. The van der Waals surface area contributed by atoms with Crippen LogP contribution in [0.5, 0.6) is 0 Å². The average Bonchev–Trinajstić information content (AvgIpc) is 3.25. The lowest BCUT2D eigenvalue weighted by Gasteiger charge is -2.14. The quantitative estimate of drug-likeness (QED) is 0.603. The molecule has 26 heavy (non-hydrogen) atoms. The molecular weight excluding hydrogens is 374 g/mol. The number of hydrogen-bond acceptors (Lipinski definition) is 5. The van der Waals surface area contributed by atoms with Gasteiger partial charge in [-0.25, -0.2) is 4.98 Å². The van der Waals surface area contributed by atoms with Crippen molar-refractivity contribution in [2.24, 2.45) is 0 Å². The molecule has 0 spiro atoms. The van der Waals surface area contributed by atoms with E-state index in [1.165, 1.54) is 23.3 Å². The van der Waals surface area contributed by atoms with Crippen LogP contribution in [0, 0.1) is 0 Å². The number of benzene rings is 1. The maximum absolute atomic E-state index is 12.5. The molecule has 1 amide bonds. The minimum atomic E-state index is -0.351. The molecule has 3 rings (SSSR count). The number of methoxy groups -OCH3 is 1. The predicted octanol–water partition coefficient (Wildman–Crippen LogP) is 3.52. The fourth-order valence-corrected chi connectivity index (χ4v) is 3.60. The molecule has 0 aliphatic carbocycles. The third-order valence-corrected chi connectivity index (χ3v) is 5.25. The van der Waals surface area contributed by atoms with Crippen molar-refractivity contribution in [3.63, 3.8) is 0 Å². The number of rotatable bonds is 6. The van der Waals surface area contributed by atoms with Gasteiger partial charge in [0.2, 0.25) is 5.91 Å². The van der Waals surface area contributed by atoms with E-state index < -0.39 is 0 Å². The SMILES string of the molecule is COC(=O)Cc1csc(N(C)C(=O)CCn2ccc3cc(Cl)ccc32)n1. The number of thiazole rings is 1. The molecule has 1 aromatic carbocycles. The molecule has 0 unspecified atom stereocenters. The Morgan fingerprint density at radius 1 is 1.35 bits per heavy atom. The first-order valence-corrected chi connectivity index (χ1v) is 9.26. The van der Waals surface area contributed by atoms with Gasteiger partial charge in [0.05, 0.1) is 19.2 Å². The van der Waals surface area contributed by atoms with Crippen molar-refractivity contribution in [3.8, 4) is 0 Å². The Bertz CT molecular complexity index is 950. The summed E-state index contributed by atoms with van der Waals surface area (Å²) >= 11 is 7.33. The molecule has 0 N–H and O–H groups in total. The maximum Gasteiger partial charge on any atom is 0.311 e. The number of aromatic nitrogens is 2. The van der Waals surface area contributed by atoms with Gasteiger partial charge in [-0.1, -0.05) is 11.6 Å². The Kier molecular flexibility index (Phi) is 5.58. The van der Waals surface area contributed by atoms with Crippen LogP contribution in [0.25, 0.3) is 10.9 Å². The minimum Gasteiger partial charge on any atom is -0.469 e. The molecule has 0 radical (unpaired) electrons. The van der Waals surface area contributed by atoms with Gasteiger partial charge < -0.3 is 9.30 Å². The van der Waals surface area contributed by atoms with Crippen molar-refractivity contribution < 1.29 is 14.3 Å². The van der Waals surface area contributed by atoms with Gasteiger partial charge in [-0.2, -0.15) is 0 Å². The summed E-state index contributed by atoms with van der Waals surface area (Å²) < 4.78 is 6.66. The highest BCUT2D eigenvalue weighted by atomic mass is 35.5. The first-order valence-electron chi connectivity index (χ1n) is 8.00. The Labute approximate surface area is 160 Å². The molecule has 3 aromatic rings. The van der Waals surface area contributed by atoms with Gasteiger partial charge in [0.1, 0.15) is 0 Å². The van der Waals surface area contributed by atoms with Crippen LogP contribution in [0.2, 0.25) is 5.02 Å². The number of amides is 1. The zero-order valence-corrected chi connectivity index (χ0v) is 16.0. The molecule has 0 fully saturated rings. The normalized spacial score (nSPS) is 10.9. The van der Waals surface area contributed by atoms with E-state index in [0.29, 0.717) is 28.8 Å². The van der Waals surface area contributed by atoms with Crippen molar-refractivity contribution in [3.05, 3.63) is 46.6 Å². The summed E-state index contributed by atoms with van der Waals surface area (Å²) in [4.78, 5) is 29.6. The summed E-state index contributed by atoms with van der Waals surface area (Å²) in [5, 5.41) is 4.07. The van der Waals surface area contributed by atoms with Crippen molar-refractivity contribution in [1.29, 1.82) is 0 Å². The van der Waals surface area contributed by atoms with E-state index in [-0.39, 0.29) is 18.3 Å². The number of nitrogens with zero attached hydrogens (tertiary/aromatic N) is 3. The second-order valence-corrected chi connectivity index (χ2v) is 7.06. The first kappa shape index (κ1) is 18.4. The lowest BCUT2D eigenvalue weighted by molar-refractivity contribution is -0.139. The maximum atomic E-state index is 12.5. The third kappa shape index (κ3) is 4.05. The summed E-state index contributed by atoms with van der Waals surface area (Å²) in [6.45, 7) is 0.564. The van der Waals surface area contributed by atoms with Crippen LogP contribution in [0.1, 0.15) is 12.1 Å². The Balaban J connectivity index is 1.63. The van der Waals surface area contributed by atoms with E-state index in [1.54, 1.807) is 12.4 Å². The van der Waals surface area contributed by atoms with E-state index in [2.05, 4.69) is 9.72 Å². The van der Waals surface area contributed by atoms with Gasteiger partial charge in [0.15, 0.2) is 5.13 Å². The molecule has 8 heteroatoms. The number of hydrogen-bond donors (Lipinski definition) is 0. The molecule has 0 atom stereocenters. The Morgan fingerprint density at radius 3 is 2.92 bits per heavy atom. The predicted molar refractivity (Wildman–Crippen MR) is 103 cm³/mol.